The van der Waals surface area contributed by atoms with Crippen molar-refractivity contribution in [2.24, 2.45) is 0 Å². The highest BCUT2D eigenvalue weighted by Gasteiger charge is 2.05. The van der Waals surface area contributed by atoms with Gasteiger partial charge in [-0.25, -0.2) is 0 Å². The molecule has 1 aromatic rings. The van der Waals surface area contributed by atoms with Crippen LogP contribution in [0.15, 0.2) is 18.2 Å². The van der Waals surface area contributed by atoms with Crippen molar-refractivity contribution < 1.29 is 5.11 Å². The number of aryl methyl sites for hydroxylation is 3. The van der Waals surface area contributed by atoms with Crippen LogP contribution >= 0.6 is 0 Å². The zero-order chi connectivity index (χ0) is 17.5. The highest BCUT2D eigenvalue weighted by atomic mass is 16.2. The summed E-state index contributed by atoms with van der Waals surface area (Å²) in [6, 6.07) is 7.09. The molecule has 0 radical (unpaired) electrons. The SMILES string of the molecule is CCCCCCCc1ccc(CCCO)cc1CCCCCCC. The first kappa shape index (κ1) is 21.2. The molecular weight excluding hydrogens is 292 g/mol. The molecule has 1 aromatic carbocycles. The number of aliphatic hydroxyl groups excluding tert-OH is 1. The van der Waals surface area contributed by atoms with Crippen LogP contribution in [-0.2, 0) is 19.3 Å². The first-order valence-electron chi connectivity index (χ1n) is 10.5. The van der Waals surface area contributed by atoms with Gasteiger partial charge >= 0.3 is 0 Å². The van der Waals surface area contributed by atoms with E-state index in [-0.39, 0.29) is 0 Å². The van der Waals surface area contributed by atoms with E-state index < -0.39 is 0 Å². The van der Waals surface area contributed by atoms with Crippen LogP contribution in [-0.4, -0.2) is 11.7 Å². The van der Waals surface area contributed by atoms with Gasteiger partial charge in [0.15, 0.2) is 0 Å². The Morgan fingerprint density at radius 3 is 1.79 bits per heavy atom. The Morgan fingerprint density at radius 1 is 0.625 bits per heavy atom. The van der Waals surface area contributed by atoms with Gasteiger partial charge in [0, 0.05) is 6.61 Å². The summed E-state index contributed by atoms with van der Waals surface area (Å²) < 4.78 is 0. The zero-order valence-corrected chi connectivity index (χ0v) is 16.3. The molecule has 0 aromatic heterocycles. The fourth-order valence-electron chi connectivity index (χ4n) is 3.43. The van der Waals surface area contributed by atoms with Crippen LogP contribution in [0.2, 0.25) is 0 Å². The summed E-state index contributed by atoms with van der Waals surface area (Å²) in [5.41, 5.74) is 4.56. The first-order chi connectivity index (χ1) is 11.8. The number of rotatable bonds is 15. The molecule has 1 heteroatoms. The van der Waals surface area contributed by atoms with Crippen LogP contribution in [0.25, 0.3) is 0 Å². The van der Waals surface area contributed by atoms with E-state index in [1.165, 1.54) is 82.6 Å². The van der Waals surface area contributed by atoms with E-state index in [1.807, 2.05) is 0 Å². The van der Waals surface area contributed by atoms with Crippen molar-refractivity contribution in [3.63, 3.8) is 0 Å². The largest absolute Gasteiger partial charge is 0.396 e. The second-order valence-corrected chi connectivity index (χ2v) is 7.26. The maximum Gasteiger partial charge on any atom is 0.0434 e. The van der Waals surface area contributed by atoms with Crippen LogP contribution in [0.3, 0.4) is 0 Å². The Kier molecular flexibility index (Phi) is 12.8. The third-order valence-corrected chi connectivity index (χ3v) is 4.99. The minimum absolute atomic E-state index is 0.297. The van der Waals surface area contributed by atoms with Crippen molar-refractivity contribution in [1.82, 2.24) is 0 Å². The topological polar surface area (TPSA) is 20.2 Å². The summed E-state index contributed by atoms with van der Waals surface area (Å²) in [6.07, 6.45) is 17.9. The van der Waals surface area contributed by atoms with Gasteiger partial charge in [-0.05, 0) is 55.2 Å². The van der Waals surface area contributed by atoms with Gasteiger partial charge in [-0.1, -0.05) is 83.4 Å². The monoisotopic (exact) mass is 332 g/mol. The molecule has 0 aliphatic carbocycles. The average molecular weight is 333 g/mol. The molecule has 0 saturated carbocycles. The van der Waals surface area contributed by atoms with E-state index in [1.54, 1.807) is 11.1 Å². The molecule has 0 aliphatic heterocycles. The van der Waals surface area contributed by atoms with Crippen LogP contribution in [0.1, 0.15) is 101 Å². The van der Waals surface area contributed by atoms with Gasteiger partial charge in [-0.15, -0.1) is 0 Å². The van der Waals surface area contributed by atoms with Crippen molar-refractivity contribution >= 4 is 0 Å². The normalized spacial score (nSPS) is 11.1. The first-order valence-corrected chi connectivity index (χ1v) is 10.5. The van der Waals surface area contributed by atoms with Gasteiger partial charge in [0.25, 0.3) is 0 Å². The van der Waals surface area contributed by atoms with E-state index in [2.05, 4.69) is 32.0 Å². The molecule has 1 nitrogen and oxygen atoms in total. The molecule has 138 valence electrons. The van der Waals surface area contributed by atoms with E-state index in [4.69, 9.17) is 5.11 Å². The van der Waals surface area contributed by atoms with Crippen LogP contribution < -0.4 is 0 Å². The van der Waals surface area contributed by atoms with E-state index >= 15 is 0 Å². The number of hydrogen-bond acceptors (Lipinski definition) is 1. The lowest BCUT2D eigenvalue weighted by molar-refractivity contribution is 0.288. The smallest absolute Gasteiger partial charge is 0.0434 e. The Hall–Kier alpha value is -0.820. The molecule has 0 saturated heterocycles. The van der Waals surface area contributed by atoms with E-state index in [9.17, 15) is 0 Å². The van der Waals surface area contributed by atoms with Crippen molar-refractivity contribution in [3.05, 3.63) is 34.9 Å². The van der Waals surface area contributed by atoms with E-state index in [0.29, 0.717) is 6.61 Å². The summed E-state index contributed by atoms with van der Waals surface area (Å²) in [6.45, 7) is 4.86. The van der Waals surface area contributed by atoms with Gasteiger partial charge in [0.1, 0.15) is 0 Å². The molecule has 1 rings (SSSR count). The lowest BCUT2D eigenvalue weighted by Crippen LogP contribution is -1.99. The standard InChI is InChI=1S/C23H40O/c1-3-5-7-9-11-15-22-18-17-21(14-13-19-24)20-23(22)16-12-10-8-6-4-2/h17-18,20,24H,3-16,19H2,1-2H3. The lowest BCUT2D eigenvalue weighted by atomic mass is 9.93. The van der Waals surface area contributed by atoms with Crippen molar-refractivity contribution in [2.75, 3.05) is 6.61 Å². The average Bonchev–Trinajstić information content (AvgIpc) is 2.60. The summed E-state index contributed by atoms with van der Waals surface area (Å²) >= 11 is 0. The van der Waals surface area contributed by atoms with Crippen LogP contribution in [0, 0.1) is 0 Å². The molecule has 0 amide bonds. The quantitative estimate of drug-likeness (QED) is 0.357. The molecular formula is C23H40O. The van der Waals surface area contributed by atoms with Gasteiger partial charge in [0.05, 0.1) is 0 Å². The Balaban J connectivity index is 2.54. The molecule has 0 fully saturated rings. The summed E-state index contributed by atoms with van der Waals surface area (Å²) in [4.78, 5) is 0. The lowest BCUT2D eigenvalue weighted by Gasteiger charge is -2.12. The molecule has 0 heterocycles. The summed E-state index contributed by atoms with van der Waals surface area (Å²) in [5, 5.41) is 9.06. The van der Waals surface area contributed by atoms with Crippen LogP contribution in [0.4, 0.5) is 0 Å². The molecule has 0 unspecified atom stereocenters. The van der Waals surface area contributed by atoms with Crippen molar-refractivity contribution in [1.29, 1.82) is 0 Å². The summed E-state index contributed by atoms with van der Waals surface area (Å²) in [7, 11) is 0. The fourth-order valence-corrected chi connectivity index (χ4v) is 3.43. The van der Waals surface area contributed by atoms with Crippen molar-refractivity contribution in [2.45, 2.75) is 104 Å². The molecule has 0 atom stereocenters. The second kappa shape index (κ2) is 14.5. The predicted molar refractivity (Wildman–Crippen MR) is 107 cm³/mol. The Labute approximate surface area is 150 Å². The highest BCUT2D eigenvalue weighted by Crippen LogP contribution is 2.20. The van der Waals surface area contributed by atoms with E-state index in [0.717, 1.165) is 12.8 Å². The number of hydrogen-bond donors (Lipinski definition) is 1. The molecule has 0 aliphatic rings. The highest BCUT2D eigenvalue weighted by molar-refractivity contribution is 5.32. The second-order valence-electron chi connectivity index (χ2n) is 7.26. The van der Waals surface area contributed by atoms with Gasteiger partial charge in [-0.2, -0.15) is 0 Å². The maximum absolute atomic E-state index is 9.06. The van der Waals surface area contributed by atoms with Crippen LogP contribution in [0.5, 0.6) is 0 Å². The third kappa shape index (κ3) is 9.47. The van der Waals surface area contributed by atoms with Gasteiger partial charge < -0.3 is 5.11 Å². The Bertz CT molecular complexity index is 410. The van der Waals surface area contributed by atoms with Crippen molar-refractivity contribution in [3.8, 4) is 0 Å². The minimum Gasteiger partial charge on any atom is -0.396 e. The zero-order valence-electron chi connectivity index (χ0n) is 16.3. The number of unbranched alkanes of at least 4 members (excludes halogenated alkanes) is 8. The maximum atomic E-state index is 9.06. The number of benzene rings is 1. The molecule has 0 spiro atoms. The fraction of sp³-hybridized carbons (Fsp3) is 0.739. The molecule has 1 N–H and O–H groups in total. The third-order valence-electron chi connectivity index (χ3n) is 4.99. The number of aliphatic hydroxyl groups is 1. The van der Waals surface area contributed by atoms with Gasteiger partial charge in [-0.3, -0.25) is 0 Å². The molecule has 24 heavy (non-hydrogen) atoms. The molecule has 0 bridgehead atoms. The minimum atomic E-state index is 0.297. The summed E-state index contributed by atoms with van der Waals surface area (Å²) in [5.74, 6) is 0. The Morgan fingerprint density at radius 2 is 1.21 bits per heavy atom. The van der Waals surface area contributed by atoms with Gasteiger partial charge in [0.2, 0.25) is 0 Å². The predicted octanol–water partition coefficient (Wildman–Crippen LogP) is 6.64.